The maximum atomic E-state index is 12.6. The molecule has 0 spiro atoms. The van der Waals surface area contributed by atoms with Gasteiger partial charge in [0.1, 0.15) is 22.6 Å². The van der Waals surface area contributed by atoms with Crippen LogP contribution in [0.1, 0.15) is 19.4 Å². The van der Waals surface area contributed by atoms with E-state index in [1.807, 2.05) is 0 Å². The smallest absolute Gasteiger partial charge is 0.417 e. The Labute approximate surface area is 153 Å². The van der Waals surface area contributed by atoms with Crippen molar-refractivity contribution < 1.29 is 27.4 Å². The van der Waals surface area contributed by atoms with Crippen LogP contribution in [0.2, 0.25) is 5.02 Å². The zero-order valence-corrected chi connectivity index (χ0v) is 14.7. The molecule has 0 saturated heterocycles. The predicted molar refractivity (Wildman–Crippen MR) is 89.5 cm³/mol. The first-order valence-electron chi connectivity index (χ1n) is 7.57. The molecule has 1 N–H and O–H groups in total. The minimum absolute atomic E-state index is 0.132. The van der Waals surface area contributed by atoms with Crippen molar-refractivity contribution in [2.24, 2.45) is 0 Å². The quantitative estimate of drug-likeness (QED) is 0.794. The Kier molecular flexibility index (Phi) is 6.31. The molecular weight excluding hydrogens is 373 g/mol. The van der Waals surface area contributed by atoms with Gasteiger partial charge in [-0.05, 0) is 37.3 Å². The van der Waals surface area contributed by atoms with Crippen LogP contribution in [0.3, 0.4) is 0 Å². The van der Waals surface area contributed by atoms with Crippen LogP contribution in [-0.4, -0.2) is 23.5 Å². The number of alkyl halides is 3. The second kappa shape index (κ2) is 8.27. The number of aromatic nitrogens is 1. The van der Waals surface area contributed by atoms with Crippen LogP contribution in [0.15, 0.2) is 36.5 Å². The number of amides is 1. The Morgan fingerprint density at radius 1 is 1.27 bits per heavy atom. The summed E-state index contributed by atoms with van der Waals surface area (Å²) in [5.74, 6) is 0.597. The number of nitrogens with one attached hydrogen (secondary N) is 1. The fourth-order valence-electron chi connectivity index (χ4n) is 1.91. The van der Waals surface area contributed by atoms with Gasteiger partial charge in [0.15, 0.2) is 0 Å². The van der Waals surface area contributed by atoms with E-state index in [0.29, 0.717) is 24.2 Å². The topological polar surface area (TPSA) is 60.5 Å². The van der Waals surface area contributed by atoms with Crippen molar-refractivity contribution >= 4 is 17.5 Å². The fraction of sp³-hybridized carbons (Fsp3) is 0.294. The number of pyridine rings is 1. The third-order valence-corrected chi connectivity index (χ3v) is 3.42. The standard InChI is InChI=1S/C17H16ClF3N2O3/c1-10(8-22-11(2)24)25-13-3-5-14(6-4-13)26-16-15(18)7-12(9-23-16)17(19,20)21/h3-7,9-10H,8H2,1-2H3,(H,22,24). The van der Waals surface area contributed by atoms with Crippen molar-refractivity contribution in [3.05, 3.63) is 47.1 Å². The number of hydrogen-bond donors (Lipinski definition) is 1. The number of carbonyl (C=O) groups is 1. The molecule has 0 aliphatic heterocycles. The average Bonchev–Trinajstić information content (AvgIpc) is 2.55. The molecule has 1 atom stereocenters. The first-order chi connectivity index (χ1) is 12.1. The van der Waals surface area contributed by atoms with Crippen molar-refractivity contribution in [1.82, 2.24) is 10.3 Å². The van der Waals surface area contributed by atoms with Gasteiger partial charge in [0.05, 0.1) is 12.1 Å². The summed E-state index contributed by atoms with van der Waals surface area (Å²) >= 11 is 5.80. The van der Waals surface area contributed by atoms with Gasteiger partial charge >= 0.3 is 6.18 Å². The van der Waals surface area contributed by atoms with E-state index in [4.69, 9.17) is 21.1 Å². The van der Waals surface area contributed by atoms with Crippen molar-refractivity contribution in [3.63, 3.8) is 0 Å². The molecule has 0 radical (unpaired) electrons. The lowest BCUT2D eigenvalue weighted by molar-refractivity contribution is -0.137. The molecule has 5 nitrogen and oxygen atoms in total. The van der Waals surface area contributed by atoms with Crippen LogP contribution in [0, 0.1) is 0 Å². The second-order valence-corrected chi connectivity index (χ2v) is 5.85. The van der Waals surface area contributed by atoms with E-state index in [2.05, 4.69) is 10.3 Å². The summed E-state index contributed by atoms with van der Waals surface area (Å²) < 4.78 is 48.8. The number of carbonyl (C=O) groups excluding carboxylic acids is 1. The Balaban J connectivity index is 2.00. The number of benzene rings is 1. The summed E-state index contributed by atoms with van der Waals surface area (Å²) in [5, 5.41) is 2.39. The summed E-state index contributed by atoms with van der Waals surface area (Å²) in [6, 6.07) is 7.13. The first-order valence-corrected chi connectivity index (χ1v) is 7.94. The summed E-state index contributed by atoms with van der Waals surface area (Å²) in [5.41, 5.74) is -0.952. The second-order valence-electron chi connectivity index (χ2n) is 5.45. The minimum Gasteiger partial charge on any atom is -0.489 e. The van der Waals surface area contributed by atoms with E-state index in [9.17, 15) is 18.0 Å². The van der Waals surface area contributed by atoms with Crippen LogP contribution < -0.4 is 14.8 Å². The number of halogens is 4. The molecule has 1 unspecified atom stereocenters. The van der Waals surface area contributed by atoms with Gasteiger partial charge in [0.25, 0.3) is 0 Å². The maximum Gasteiger partial charge on any atom is 0.417 e. The maximum absolute atomic E-state index is 12.6. The highest BCUT2D eigenvalue weighted by molar-refractivity contribution is 6.31. The molecule has 2 aromatic rings. The van der Waals surface area contributed by atoms with Gasteiger partial charge in [-0.1, -0.05) is 11.6 Å². The van der Waals surface area contributed by atoms with E-state index in [1.54, 1.807) is 31.2 Å². The van der Waals surface area contributed by atoms with Crippen molar-refractivity contribution in [3.8, 4) is 17.4 Å². The summed E-state index contributed by atoms with van der Waals surface area (Å²) in [7, 11) is 0. The van der Waals surface area contributed by atoms with E-state index in [-0.39, 0.29) is 22.9 Å². The lowest BCUT2D eigenvalue weighted by Crippen LogP contribution is -2.31. The highest BCUT2D eigenvalue weighted by Gasteiger charge is 2.31. The van der Waals surface area contributed by atoms with Gasteiger partial charge in [-0.15, -0.1) is 0 Å². The monoisotopic (exact) mass is 388 g/mol. The molecule has 140 valence electrons. The van der Waals surface area contributed by atoms with Crippen LogP contribution >= 0.6 is 11.6 Å². The van der Waals surface area contributed by atoms with Gasteiger partial charge < -0.3 is 14.8 Å². The number of hydrogen-bond acceptors (Lipinski definition) is 4. The molecular formula is C17H16ClF3N2O3. The summed E-state index contributed by atoms with van der Waals surface area (Å²) in [6.07, 6.45) is -4.11. The lowest BCUT2D eigenvalue weighted by atomic mass is 10.3. The molecule has 1 aromatic carbocycles. The number of nitrogens with zero attached hydrogens (tertiary/aromatic N) is 1. The molecule has 0 saturated carbocycles. The fourth-order valence-corrected chi connectivity index (χ4v) is 2.12. The Morgan fingerprint density at radius 3 is 2.42 bits per heavy atom. The van der Waals surface area contributed by atoms with Crippen molar-refractivity contribution in [1.29, 1.82) is 0 Å². The van der Waals surface area contributed by atoms with Gasteiger partial charge in [-0.25, -0.2) is 4.98 Å². The van der Waals surface area contributed by atoms with Gasteiger partial charge in [0, 0.05) is 13.1 Å². The molecule has 1 aromatic heterocycles. The molecule has 26 heavy (non-hydrogen) atoms. The zero-order valence-electron chi connectivity index (χ0n) is 13.9. The van der Waals surface area contributed by atoms with E-state index in [1.165, 1.54) is 6.92 Å². The Hall–Kier alpha value is -2.48. The summed E-state index contributed by atoms with van der Waals surface area (Å²) in [6.45, 7) is 3.57. The third kappa shape index (κ3) is 5.80. The zero-order chi connectivity index (χ0) is 19.3. The largest absolute Gasteiger partial charge is 0.489 e. The average molecular weight is 389 g/mol. The van der Waals surface area contributed by atoms with Gasteiger partial charge in [-0.3, -0.25) is 4.79 Å². The van der Waals surface area contributed by atoms with Crippen LogP contribution in [0.5, 0.6) is 17.4 Å². The minimum atomic E-state index is -4.53. The molecule has 9 heteroatoms. The molecule has 1 heterocycles. The SMILES string of the molecule is CC(=O)NCC(C)Oc1ccc(Oc2ncc(C(F)(F)F)cc2Cl)cc1. The first kappa shape index (κ1) is 19.8. The van der Waals surface area contributed by atoms with Crippen molar-refractivity contribution in [2.45, 2.75) is 26.1 Å². The normalized spacial score (nSPS) is 12.4. The Bertz CT molecular complexity index is 767. The molecule has 2 rings (SSSR count). The Morgan fingerprint density at radius 2 is 1.88 bits per heavy atom. The van der Waals surface area contributed by atoms with Crippen LogP contribution in [0.25, 0.3) is 0 Å². The third-order valence-electron chi connectivity index (χ3n) is 3.15. The molecule has 1 amide bonds. The van der Waals surface area contributed by atoms with Crippen LogP contribution in [0.4, 0.5) is 13.2 Å². The highest BCUT2D eigenvalue weighted by atomic mass is 35.5. The lowest BCUT2D eigenvalue weighted by Gasteiger charge is -2.15. The number of ether oxygens (including phenoxy) is 2. The van der Waals surface area contributed by atoms with Gasteiger partial charge in [-0.2, -0.15) is 13.2 Å². The molecule has 0 bridgehead atoms. The molecule has 0 fully saturated rings. The van der Waals surface area contributed by atoms with Gasteiger partial charge in [0.2, 0.25) is 11.8 Å². The summed E-state index contributed by atoms with van der Waals surface area (Å²) in [4.78, 5) is 14.5. The highest BCUT2D eigenvalue weighted by Crippen LogP contribution is 2.34. The van der Waals surface area contributed by atoms with E-state index >= 15 is 0 Å². The molecule has 0 aliphatic carbocycles. The van der Waals surface area contributed by atoms with E-state index < -0.39 is 11.7 Å². The number of rotatable bonds is 6. The van der Waals surface area contributed by atoms with E-state index in [0.717, 1.165) is 6.07 Å². The van der Waals surface area contributed by atoms with Crippen LogP contribution in [-0.2, 0) is 11.0 Å². The van der Waals surface area contributed by atoms with Crippen molar-refractivity contribution in [2.75, 3.05) is 6.54 Å². The predicted octanol–water partition coefficient (Wildman–Crippen LogP) is 4.45. The molecule has 0 aliphatic rings.